The highest BCUT2D eigenvalue weighted by Gasteiger charge is 2.11. The monoisotopic (exact) mass is 166 g/mol. The molecule has 0 saturated carbocycles. The van der Waals surface area contributed by atoms with Crippen LogP contribution in [0.25, 0.3) is 0 Å². The van der Waals surface area contributed by atoms with Crippen molar-refractivity contribution >= 4 is 0 Å². The molecule has 1 aromatic heterocycles. The van der Waals surface area contributed by atoms with E-state index in [4.69, 9.17) is 5.73 Å². The van der Waals surface area contributed by atoms with Gasteiger partial charge < -0.3 is 10.8 Å². The van der Waals surface area contributed by atoms with E-state index in [1.54, 1.807) is 19.3 Å². The molecule has 0 radical (unpaired) electrons. The van der Waals surface area contributed by atoms with Gasteiger partial charge in [0.05, 0.1) is 12.1 Å². The van der Waals surface area contributed by atoms with Crippen molar-refractivity contribution in [3.05, 3.63) is 29.6 Å². The number of rotatable bonds is 2. The molecule has 3 N–H and O–H groups in total. The van der Waals surface area contributed by atoms with Crippen molar-refractivity contribution in [1.29, 1.82) is 0 Å². The van der Waals surface area contributed by atoms with Crippen LogP contribution in [0.3, 0.4) is 0 Å². The van der Waals surface area contributed by atoms with Crippen LogP contribution in [0.1, 0.15) is 24.1 Å². The zero-order valence-corrected chi connectivity index (χ0v) is 7.36. The number of aromatic nitrogens is 1. The normalized spacial score (nSPS) is 15.7. The van der Waals surface area contributed by atoms with Gasteiger partial charge in [0.25, 0.3) is 0 Å². The smallest absolute Gasteiger partial charge is 0.0705 e. The molecule has 12 heavy (non-hydrogen) atoms. The fourth-order valence-corrected chi connectivity index (χ4v) is 1.04. The maximum atomic E-state index is 9.21. The average Bonchev–Trinajstić information content (AvgIpc) is 2.03. The first-order valence-corrected chi connectivity index (χ1v) is 3.96. The number of nitrogens with two attached hydrogens (primary N) is 1. The quantitative estimate of drug-likeness (QED) is 0.682. The molecule has 0 saturated heterocycles. The Morgan fingerprint density at radius 2 is 2.17 bits per heavy atom. The first-order chi connectivity index (χ1) is 5.61. The summed E-state index contributed by atoms with van der Waals surface area (Å²) in [6.45, 7) is 3.62. The number of pyridine rings is 1. The highest BCUT2D eigenvalue weighted by atomic mass is 16.3. The molecule has 0 aliphatic carbocycles. The maximum Gasteiger partial charge on any atom is 0.0705 e. The molecule has 0 amide bonds. The van der Waals surface area contributed by atoms with E-state index in [1.165, 1.54) is 0 Å². The Hall–Kier alpha value is -0.930. The third-order valence-electron chi connectivity index (χ3n) is 1.80. The molecule has 1 rings (SSSR count). The summed E-state index contributed by atoms with van der Waals surface area (Å²) in [5, 5.41) is 9.21. The van der Waals surface area contributed by atoms with Gasteiger partial charge in [0, 0.05) is 12.4 Å². The standard InChI is InChI=1S/C9H14N2O/c1-6-3-8(5-11-4-6)9(10)7(2)12/h3-5,7,9,12H,10H2,1-2H3/t7-,9-/m1/s1. The van der Waals surface area contributed by atoms with Gasteiger partial charge in [-0.05, 0) is 25.0 Å². The molecule has 66 valence electrons. The van der Waals surface area contributed by atoms with Crippen LogP contribution in [-0.4, -0.2) is 16.2 Å². The summed E-state index contributed by atoms with van der Waals surface area (Å²) in [5.41, 5.74) is 7.66. The van der Waals surface area contributed by atoms with Crippen LogP contribution in [0, 0.1) is 6.92 Å². The third-order valence-corrected chi connectivity index (χ3v) is 1.80. The number of nitrogens with zero attached hydrogens (tertiary/aromatic N) is 1. The highest BCUT2D eigenvalue weighted by molar-refractivity contribution is 5.20. The van der Waals surface area contributed by atoms with E-state index in [0.717, 1.165) is 11.1 Å². The fraction of sp³-hybridized carbons (Fsp3) is 0.444. The number of hydrogen-bond acceptors (Lipinski definition) is 3. The molecule has 0 fully saturated rings. The Balaban J connectivity index is 2.88. The predicted molar refractivity (Wildman–Crippen MR) is 47.6 cm³/mol. The van der Waals surface area contributed by atoms with E-state index in [2.05, 4.69) is 4.98 Å². The van der Waals surface area contributed by atoms with Gasteiger partial charge in [-0.1, -0.05) is 6.07 Å². The van der Waals surface area contributed by atoms with Crippen molar-refractivity contribution in [1.82, 2.24) is 4.98 Å². The van der Waals surface area contributed by atoms with Crippen molar-refractivity contribution in [2.24, 2.45) is 5.73 Å². The van der Waals surface area contributed by atoms with Crippen molar-refractivity contribution in [2.75, 3.05) is 0 Å². The van der Waals surface area contributed by atoms with Crippen LogP contribution < -0.4 is 5.73 Å². The second kappa shape index (κ2) is 3.65. The van der Waals surface area contributed by atoms with Gasteiger partial charge in [-0.3, -0.25) is 4.98 Å². The molecule has 0 aliphatic heterocycles. The molecule has 1 heterocycles. The molecular formula is C9H14N2O. The zero-order valence-electron chi connectivity index (χ0n) is 7.36. The molecule has 2 atom stereocenters. The van der Waals surface area contributed by atoms with Gasteiger partial charge in [0.1, 0.15) is 0 Å². The number of hydrogen-bond donors (Lipinski definition) is 2. The van der Waals surface area contributed by atoms with Crippen molar-refractivity contribution in [3.8, 4) is 0 Å². The Labute approximate surface area is 72.2 Å². The minimum atomic E-state index is -0.534. The lowest BCUT2D eigenvalue weighted by molar-refractivity contribution is 0.164. The number of aryl methyl sites for hydroxylation is 1. The van der Waals surface area contributed by atoms with Crippen LogP contribution in [0.5, 0.6) is 0 Å². The van der Waals surface area contributed by atoms with Gasteiger partial charge in [0.2, 0.25) is 0 Å². The van der Waals surface area contributed by atoms with Crippen molar-refractivity contribution in [2.45, 2.75) is 26.0 Å². The SMILES string of the molecule is Cc1cncc([C@H](N)[C@@H](C)O)c1. The predicted octanol–water partition coefficient (Wildman–Crippen LogP) is 0.771. The van der Waals surface area contributed by atoms with E-state index in [-0.39, 0.29) is 6.04 Å². The zero-order chi connectivity index (χ0) is 9.14. The molecule has 0 aromatic carbocycles. The Morgan fingerprint density at radius 1 is 1.50 bits per heavy atom. The van der Waals surface area contributed by atoms with Crippen LogP contribution >= 0.6 is 0 Å². The van der Waals surface area contributed by atoms with E-state index in [0.29, 0.717) is 0 Å². The summed E-state index contributed by atoms with van der Waals surface area (Å²) in [7, 11) is 0. The van der Waals surface area contributed by atoms with Gasteiger partial charge in [-0.15, -0.1) is 0 Å². The second-order valence-corrected chi connectivity index (χ2v) is 3.06. The largest absolute Gasteiger partial charge is 0.391 e. The van der Waals surface area contributed by atoms with E-state index in [1.807, 2.05) is 13.0 Å². The van der Waals surface area contributed by atoms with Crippen LogP contribution in [0.4, 0.5) is 0 Å². The van der Waals surface area contributed by atoms with Gasteiger partial charge in [-0.2, -0.15) is 0 Å². The molecular weight excluding hydrogens is 152 g/mol. The molecule has 0 spiro atoms. The van der Waals surface area contributed by atoms with Gasteiger partial charge in [0.15, 0.2) is 0 Å². The second-order valence-electron chi connectivity index (χ2n) is 3.06. The average molecular weight is 166 g/mol. The van der Waals surface area contributed by atoms with Crippen LogP contribution in [-0.2, 0) is 0 Å². The lowest BCUT2D eigenvalue weighted by atomic mass is 10.0. The first-order valence-electron chi connectivity index (χ1n) is 3.96. The minimum Gasteiger partial charge on any atom is -0.391 e. The lowest BCUT2D eigenvalue weighted by Gasteiger charge is -2.14. The molecule has 0 unspecified atom stereocenters. The molecule has 0 bridgehead atoms. The molecule has 0 aliphatic rings. The van der Waals surface area contributed by atoms with E-state index < -0.39 is 6.10 Å². The molecule has 1 aromatic rings. The summed E-state index contributed by atoms with van der Waals surface area (Å²) in [6, 6.07) is 1.60. The summed E-state index contributed by atoms with van der Waals surface area (Å²) < 4.78 is 0. The summed E-state index contributed by atoms with van der Waals surface area (Å²) in [4.78, 5) is 4.00. The Bertz CT molecular complexity index is 260. The highest BCUT2D eigenvalue weighted by Crippen LogP contribution is 2.13. The summed E-state index contributed by atoms with van der Waals surface area (Å²) in [6.07, 6.45) is 2.91. The molecule has 3 nitrogen and oxygen atoms in total. The van der Waals surface area contributed by atoms with Crippen LogP contribution in [0.2, 0.25) is 0 Å². The third kappa shape index (κ3) is 2.03. The summed E-state index contributed by atoms with van der Waals surface area (Å²) >= 11 is 0. The molecule has 3 heteroatoms. The Kier molecular flexibility index (Phi) is 2.78. The number of aliphatic hydroxyl groups is 1. The first kappa shape index (κ1) is 9.16. The van der Waals surface area contributed by atoms with E-state index >= 15 is 0 Å². The van der Waals surface area contributed by atoms with Gasteiger partial charge in [-0.25, -0.2) is 0 Å². The minimum absolute atomic E-state index is 0.336. The number of aliphatic hydroxyl groups excluding tert-OH is 1. The Morgan fingerprint density at radius 3 is 2.67 bits per heavy atom. The summed E-state index contributed by atoms with van der Waals surface area (Å²) in [5.74, 6) is 0. The maximum absolute atomic E-state index is 9.21. The van der Waals surface area contributed by atoms with Crippen molar-refractivity contribution in [3.63, 3.8) is 0 Å². The topological polar surface area (TPSA) is 59.1 Å². The fourth-order valence-electron chi connectivity index (χ4n) is 1.04. The lowest BCUT2D eigenvalue weighted by Crippen LogP contribution is -2.23. The van der Waals surface area contributed by atoms with Crippen molar-refractivity contribution < 1.29 is 5.11 Å². The van der Waals surface area contributed by atoms with Crippen LogP contribution in [0.15, 0.2) is 18.5 Å². The van der Waals surface area contributed by atoms with Gasteiger partial charge >= 0.3 is 0 Å². The van der Waals surface area contributed by atoms with E-state index in [9.17, 15) is 5.11 Å².